The highest BCUT2D eigenvalue weighted by molar-refractivity contribution is 7.80. The molecule has 0 radical (unpaired) electrons. The third-order valence-electron chi connectivity index (χ3n) is 6.33. The number of aromatic amines is 1. The van der Waals surface area contributed by atoms with Crippen molar-refractivity contribution in [1.82, 2.24) is 20.1 Å². The fourth-order valence-electron chi connectivity index (χ4n) is 4.29. The number of nitrogens with zero attached hydrogens (tertiary/aromatic N) is 2. The Bertz CT molecular complexity index is 1140. The first-order chi connectivity index (χ1) is 16.6. The summed E-state index contributed by atoms with van der Waals surface area (Å²) >= 11 is 5.79. The maximum Gasteiger partial charge on any atom is 0.253 e. The second-order valence-electron chi connectivity index (χ2n) is 8.77. The number of aryl methyl sites for hydroxylation is 1. The van der Waals surface area contributed by atoms with E-state index in [1.165, 1.54) is 11.1 Å². The van der Waals surface area contributed by atoms with E-state index in [-0.39, 0.29) is 5.56 Å². The summed E-state index contributed by atoms with van der Waals surface area (Å²) < 4.78 is 5.46. The minimum Gasteiger partial charge on any atom is -0.379 e. The summed E-state index contributed by atoms with van der Waals surface area (Å²) in [7, 11) is 0. The molecule has 2 aromatic carbocycles. The van der Waals surface area contributed by atoms with Crippen molar-refractivity contribution in [2.24, 2.45) is 0 Å². The van der Waals surface area contributed by atoms with Gasteiger partial charge in [-0.05, 0) is 59.8 Å². The van der Waals surface area contributed by atoms with Crippen LogP contribution in [0.1, 0.15) is 30.0 Å². The van der Waals surface area contributed by atoms with Gasteiger partial charge >= 0.3 is 0 Å². The minimum atomic E-state index is -0.0548. The number of rotatable bonds is 9. The van der Waals surface area contributed by atoms with Crippen molar-refractivity contribution < 1.29 is 4.74 Å². The number of ether oxygens (including phenoxy) is 1. The fourth-order valence-corrected chi connectivity index (χ4v) is 4.52. The second kappa shape index (κ2) is 12.1. The van der Waals surface area contributed by atoms with Crippen LogP contribution < -0.4 is 10.9 Å². The standard InChI is InChI=1S/C27H34N4O2S/c1-2-21-9-10-25-23(17-21)18-24(26(32)29-25)20-31(12-6-11-30-13-15-33-16-14-30)27(34)28-19-22-7-4-3-5-8-22/h3-5,7-10,17-18H,2,6,11-16,19-20H2,1H3,(H,28,34)(H,29,32). The fraction of sp³-hybridized carbons (Fsp3) is 0.407. The zero-order valence-electron chi connectivity index (χ0n) is 19.9. The number of aromatic nitrogens is 1. The van der Waals surface area contributed by atoms with Gasteiger partial charge in [-0.15, -0.1) is 0 Å². The number of hydrogen-bond donors (Lipinski definition) is 2. The number of nitrogens with one attached hydrogen (secondary N) is 2. The van der Waals surface area contributed by atoms with Crippen molar-refractivity contribution in [3.63, 3.8) is 0 Å². The maximum absolute atomic E-state index is 12.9. The van der Waals surface area contributed by atoms with Crippen LogP contribution in [-0.2, 0) is 24.2 Å². The number of thiocarbonyl (C=S) groups is 1. The number of fused-ring (bicyclic) bond motifs is 1. The molecule has 6 nitrogen and oxygen atoms in total. The molecular formula is C27H34N4O2S. The monoisotopic (exact) mass is 478 g/mol. The van der Waals surface area contributed by atoms with Gasteiger partial charge in [0, 0.05) is 43.8 Å². The predicted molar refractivity (Wildman–Crippen MR) is 142 cm³/mol. The lowest BCUT2D eigenvalue weighted by Crippen LogP contribution is -2.42. The first-order valence-electron chi connectivity index (χ1n) is 12.1. The van der Waals surface area contributed by atoms with Crippen LogP contribution in [-0.4, -0.2) is 59.3 Å². The minimum absolute atomic E-state index is 0.0548. The zero-order chi connectivity index (χ0) is 23.8. The SMILES string of the molecule is CCc1ccc2[nH]c(=O)c(CN(CCCN3CCOCC3)C(=S)NCc3ccccc3)cc2c1. The van der Waals surface area contributed by atoms with E-state index in [0.717, 1.165) is 68.7 Å². The van der Waals surface area contributed by atoms with Gasteiger partial charge in [0.25, 0.3) is 5.56 Å². The summed E-state index contributed by atoms with van der Waals surface area (Å²) in [4.78, 5) is 20.5. The molecule has 0 atom stereocenters. The molecule has 1 fully saturated rings. The molecule has 0 amide bonds. The molecule has 1 aromatic heterocycles. The normalized spacial score (nSPS) is 14.3. The number of benzene rings is 2. The molecule has 4 rings (SSSR count). The van der Waals surface area contributed by atoms with Crippen molar-refractivity contribution in [1.29, 1.82) is 0 Å². The Morgan fingerprint density at radius 2 is 1.91 bits per heavy atom. The van der Waals surface area contributed by atoms with Crippen LogP contribution in [0.2, 0.25) is 0 Å². The summed E-state index contributed by atoms with van der Waals surface area (Å²) in [5, 5.41) is 5.13. The van der Waals surface area contributed by atoms with Gasteiger partial charge in [-0.2, -0.15) is 0 Å². The van der Waals surface area contributed by atoms with Gasteiger partial charge in [0.05, 0.1) is 19.8 Å². The van der Waals surface area contributed by atoms with E-state index in [9.17, 15) is 4.79 Å². The van der Waals surface area contributed by atoms with E-state index in [1.54, 1.807) is 0 Å². The summed E-state index contributed by atoms with van der Waals surface area (Å²) in [6.45, 7) is 8.60. The van der Waals surface area contributed by atoms with Crippen LogP contribution in [0.4, 0.5) is 0 Å². The van der Waals surface area contributed by atoms with E-state index in [4.69, 9.17) is 17.0 Å². The van der Waals surface area contributed by atoms with E-state index < -0.39 is 0 Å². The van der Waals surface area contributed by atoms with Crippen molar-refractivity contribution >= 4 is 28.2 Å². The topological polar surface area (TPSA) is 60.6 Å². The molecule has 34 heavy (non-hydrogen) atoms. The van der Waals surface area contributed by atoms with Gasteiger partial charge in [-0.1, -0.05) is 43.3 Å². The number of morpholine rings is 1. The lowest BCUT2D eigenvalue weighted by atomic mass is 10.1. The molecular weight excluding hydrogens is 444 g/mol. The Hall–Kier alpha value is -2.74. The first kappa shape index (κ1) is 24.4. The van der Waals surface area contributed by atoms with Crippen LogP contribution in [0.5, 0.6) is 0 Å². The summed E-state index contributed by atoms with van der Waals surface area (Å²) in [5.41, 5.74) is 3.98. The summed E-state index contributed by atoms with van der Waals surface area (Å²) in [6.07, 6.45) is 1.93. The van der Waals surface area contributed by atoms with Crippen molar-refractivity contribution in [2.45, 2.75) is 32.9 Å². The molecule has 0 unspecified atom stereocenters. The van der Waals surface area contributed by atoms with Gasteiger partial charge in [-0.3, -0.25) is 9.69 Å². The molecule has 1 aliphatic rings. The molecule has 3 aromatic rings. The molecule has 0 saturated carbocycles. The molecule has 1 aliphatic heterocycles. The van der Waals surface area contributed by atoms with Crippen LogP contribution in [0, 0.1) is 0 Å². The molecule has 7 heteroatoms. The smallest absolute Gasteiger partial charge is 0.253 e. The van der Waals surface area contributed by atoms with E-state index in [1.807, 2.05) is 30.3 Å². The second-order valence-corrected chi connectivity index (χ2v) is 9.16. The van der Waals surface area contributed by atoms with Crippen LogP contribution >= 0.6 is 12.2 Å². The lowest BCUT2D eigenvalue weighted by Gasteiger charge is -2.29. The molecule has 2 N–H and O–H groups in total. The van der Waals surface area contributed by atoms with Crippen LogP contribution in [0.3, 0.4) is 0 Å². The van der Waals surface area contributed by atoms with Crippen molar-refractivity contribution in [2.75, 3.05) is 39.4 Å². The van der Waals surface area contributed by atoms with Gasteiger partial charge in [0.15, 0.2) is 5.11 Å². The average molecular weight is 479 g/mol. The third-order valence-corrected chi connectivity index (χ3v) is 6.74. The highest BCUT2D eigenvalue weighted by atomic mass is 32.1. The zero-order valence-corrected chi connectivity index (χ0v) is 20.7. The summed E-state index contributed by atoms with van der Waals surface area (Å²) in [5.74, 6) is 0. The number of H-pyrrole nitrogens is 1. The van der Waals surface area contributed by atoms with E-state index >= 15 is 0 Å². The van der Waals surface area contributed by atoms with Crippen molar-refractivity contribution in [3.8, 4) is 0 Å². The van der Waals surface area contributed by atoms with Crippen molar-refractivity contribution in [3.05, 3.63) is 81.6 Å². The Morgan fingerprint density at radius 1 is 1.12 bits per heavy atom. The first-order valence-corrected chi connectivity index (χ1v) is 12.5. The highest BCUT2D eigenvalue weighted by Gasteiger charge is 2.15. The Balaban J connectivity index is 1.48. The van der Waals surface area contributed by atoms with E-state index in [2.05, 4.69) is 51.3 Å². The predicted octanol–water partition coefficient (Wildman–Crippen LogP) is 3.69. The molecule has 0 spiro atoms. The Morgan fingerprint density at radius 3 is 2.68 bits per heavy atom. The van der Waals surface area contributed by atoms with E-state index in [0.29, 0.717) is 18.2 Å². The largest absolute Gasteiger partial charge is 0.379 e. The highest BCUT2D eigenvalue weighted by Crippen LogP contribution is 2.15. The quantitative estimate of drug-likeness (QED) is 0.458. The number of pyridine rings is 1. The Labute approximate surface area is 206 Å². The third kappa shape index (κ3) is 6.65. The lowest BCUT2D eigenvalue weighted by molar-refractivity contribution is 0.0367. The van der Waals surface area contributed by atoms with Gasteiger partial charge in [0.2, 0.25) is 0 Å². The van der Waals surface area contributed by atoms with Crippen LogP contribution in [0.15, 0.2) is 59.4 Å². The molecule has 1 saturated heterocycles. The molecule has 2 heterocycles. The maximum atomic E-state index is 12.9. The Kier molecular flexibility index (Phi) is 8.68. The van der Waals surface area contributed by atoms with Gasteiger partial charge < -0.3 is 19.9 Å². The molecule has 0 aliphatic carbocycles. The number of hydrogen-bond acceptors (Lipinski definition) is 4. The van der Waals surface area contributed by atoms with Gasteiger partial charge in [0.1, 0.15) is 0 Å². The van der Waals surface area contributed by atoms with Crippen LogP contribution in [0.25, 0.3) is 10.9 Å². The van der Waals surface area contributed by atoms with Gasteiger partial charge in [-0.25, -0.2) is 0 Å². The summed E-state index contributed by atoms with van der Waals surface area (Å²) in [6, 6.07) is 18.5. The molecule has 0 bridgehead atoms. The average Bonchev–Trinajstić information content (AvgIpc) is 2.88. The molecule has 180 valence electrons.